The van der Waals surface area contributed by atoms with Crippen LogP contribution in [0, 0.1) is 12.7 Å². The Morgan fingerprint density at radius 3 is 2.83 bits per heavy atom. The van der Waals surface area contributed by atoms with E-state index in [0.29, 0.717) is 18.2 Å². The van der Waals surface area contributed by atoms with Crippen LogP contribution in [-0.4, -0.2) is 23.2 Å². The van der Waals surface area contributed by atoms with E-state index in [4.69, 9.17) is 4.74 Å². The maximum Gasteiger partial charge on any atom is 0.207 e. The Balaban J connectivity index is 2.41. The van der Waals surface area contributed by atoms with E-state index < -0.39 is 0 Å². The zero-order valence-corrected chi connectivity index (χ0v) is 10.7. The molecule has 0 unspecified atom stereocenters. The number of hydrogen-bond acceptors (Lipinski definition) is 3. The Morgan fingerprint density at radius 1 is 1.44 bits per heavy atom. The van der Waals surface area contributed by atoms with Crippen LogP contribution in [0.2, 0.25) is 0 Å². The van der Waals surface area contributed by atoms with E-state index in [2.05, 4.69) is 10.3 Å². The second-order valence-electron chi connectivity index (χ2n) is 3.87. The Labute approximate surface area is 105 Å². The van der Waals surface area contributed by atoms with Gasteiger partial charge in [0.05, 0.1) is 18.0 Å². The van der Waals surface area contributed by atoms with E-state index in [9.17, 15) is 4.39 Å². The van der Waals surface area contributed by atoms with Crippen molar-refractivity contribution in [1.82, 2.24) is 9.55 Å². The Kier molecular flexibility index (Phi) is 3.50. The van der Waals surface area contributed by atoms with Gasteiger partial charge in [-0.2, -0.15) is 0 Å². The first kappa shape index (κ1) is 12.4. The fourth-order valence-electron chi connectivity index (χ4n) is 1.78. The summed E-state index contributed by atoms with van der Waals surface area (Å²) in [4.78, 5) is 4.29. The van der Waals surface area contributed by atoms with Gasteiger partial charge in [0.1, 0.15) is 0 Å². The molecule has 4 nitrogen and oxygen atoms in total. The SMILES string of the molecule is CCOc1ccc(-n2cc(C)nc2NC)cc1F. The first-order valence-electron chi connectivity index (χ1n) is 5.82. The van der Waals surface area contributed by atoms with Gasteiger partial charge in [-0.3, -0.25) is 4.57 Å². The number of halogens is 1. The number of imidazole rings is 1. The lowest BCUT2D eigenvalue weighted by Crippen LogP contribution is -2.02. The summed E-state index contributed by atoms with van der Waals surface area (Å²) in [5.41, 5.74) is 1.58. The number of ether oxygens (including phenoxy) is 1. The van der Waals surface area contributed by atoms with Crippen LogP contribution in [0.3, 0.4) is 0 Å². The van der Waals surface area contributed by atoms with Crippen LogP contribution in [0.25, 0.3) is 5.69 Å². The molecule has 0 bridgehead atoms. The molecule has 0 fully saturated rings. The van der Waals surface area contributed by atoms with Gasteiger partial charge in [-0.15, -0.1) is 0 Å². The first-order valence-corrected chi connectivity index (χ1v) is 5.82. The van der Waals surface area contributed by atoms with Crippen molar-refractivity contribution in [3.05, 3.63) is 35.9 Å². The van der Waals surface area contributed by atoms with Gasteiger partial charge in [-0.25, -0.2) is 9.37 Å². The number of nitrogens with zero attached hydrogens (tertiary/aromatic N) is 2. The molecule has 0 aliphatic rings. The van der Waals surface area contributed by atoms with Crippen LogP contribution in [0.1, 0.15) is 12.6 Å². The van der Waals surface area contributed by atoms with E-state index in [1.807, 2.05) is 20.0 Å². The van der Waals surface area contributed by atoms with Gasteiger partial charge in [0.2, 0.25) is 5.95 Å². The minimum absolute atomic E-state index is 0.268. The molecule has 0 amide bonds. The molecule has 0 radical (unpaired) electrons. The molecule has 0 saturated heterocycles. The summed E-state index contributed by atoms with van der Waals surface area (Å²) in [6.45, 7) is 4.16. The minimum Gasteiger partial charge on any atom is -0.491 e. The van der Waals surface area contributed by atoms with Gasteiger partial charge in [-0.1, -0.05) is 0 Å². The Bertz CT molecular complexity index is 551. The maximum absolute atomic E-state index is 13.8. The molecule has 1 aromatic carbocycles. The average molecular weight is 249 g/mol. The number of aryl methyl sites for hydroxylation is 1. The van der Waals surface area contributed by atoms with E-state index in [1.165, 1.54) is 6.07 Å². The highest BCUT2D eigenvalue weighted by Gasteiger charge is 2.09. The van der Waals surface area contributed by atoms with Crippen LogP contribution in [0.4, 0.5) is 10.3 Å². The zero-order chi connectivity index (χ0) is 13.1. The van der Waals surface area contributed by atoms with Gasteiger partial charge < -0.3 is 10.1 Å². The first-order chi connectivity index (χ1) is 8.65. The number of aromatic nitrogens is 2. The molecule has 96 valence electrons. The molecule has 18 heavy (non-hydrogen) atoms. The third-order valence-electron chi connectivity index (χ3n) is 2.54. The molecule has 2 rings (SSSR count). The highest BCUT2D eigenvalue weighted by molar-refractivity contribution is 5.45. The fraction of sp³-hybridized carbons (Fsp3) is 0.308. The summed E-state index contributed by atoms with van der Waals surface area (Å²) < 4.78 is 20.8. The van der Waals surface area contributed by atoms with E-state index in [-0.39, 0.29) is 11.6 Å². The highest BCUT2D eigenvalue weighted by Crippen LogP contribution is 2.23. The van der Waals surface area contributed by atoms with Crippen molar-refractivity contribution in [3.63, 3.8) is 0 Å². The lowest BCUT2D eigenvalue weighted by atomic mass is 10.3. The van der Waals surface area contributed by atoms with Gasteiger partial charge in [0.25, 0.3) is 0 Å². The molecule has 0 aliphatic heterocycles. The van der Waals surface area contributed by atoms with Crippen LogP contribution >= 0.6 is 0 Å². The Morgan fingerprint density at radius 2 is 2.22 bits per heavy atom. The van der Waals surface area contributed by atoms with Crippen molar-refractivity contribution < 1.29 is 9.13 Å². The van der Waals surface area contributed by atoms with E-state index >= 15 is 0 Å². The topological polar surface area (TPSA) is 39.1 Å². The predicted octanol–water partition coefficient (Wildman–Crippen LogP) is 2.76. The number of rotatable bonds is 4. The number of anilines is 1. The second-order valence-corrected chi connectivity index (χ2v) is 3.87. The monoisotopic (exact) mass is 249 g/mol. The van der Waals surface area contributed by atoms with Crippen molar-refractivity contribution in [3.8, 4) is 11.4 Å². The van der Waals surface area contributed by atoms with Crippen LogP contribution in [0.5, 0.6) is 5.75 Å². The summed E-state index contributed by atoms with van der Waals surface area (Å²) in [6.07, 6.45) is 1.85. The average Bonchev–Trinajstić information content (AvgIpc) is 2.73. The highest BCUT2D eigenvalue weighted by atomic mass is 19.1. The summed E-state index contributed by atoms with van der Waals surface area (Å²) >= 11 is 0. The molecule has 0 saturated carbocycles. The van der Waals surface area contributed by atoms with Crippen molar-refractivity contribution in [2.75, 3.05) is 19.0 Å². The van der Waals surface area contributed by atoms with Crippen LogP contribution in [0.15, 0.2) is 24.4 Å². The smallest absolute Gasteiger partial charge is 0.207 e. The van der Waals surface area contributed by atoms with Crippen molar-refractivity contribution in [2.24, 2.45) is 0 Å². The molecule has 5 heteroatoms. The second kappa shape index (κ2) is 5.08. The molecule has 0 spiro atoms. The molecule has 1 N–H and O–H groups in total. The summed E-state index contributed by atoms with van der Waals surface area (Å²) in [7, 11) is 1.78. The molecule has 0 aliphatic carbocycles. The van der Waals surface area contributed by atoms with Gasteiger partial charge in [-0.05, 0) is 26.0 Å². The van der Waals surface area contributed by atoms with Gasteiger partial charge in [0, 0.05) is 19.3 Å². The molecule has 1 heterocycles. The fourth-order valence-corrected chi connectivity index (χ4v) is 1.78. The Hall–Kier alpha value is -2.04. The standard InChI is InChI=1S/C13H16FN3O/c1-4-18-12-6-5-10(7-11(12)14)17-8-9(2)16-13(17)15-3/h5-8H,4H2,1-3H3,(H,15,16). The number of benzene rings is 1. The van der Waals surface area contributed by atoms with E-state index in [1.54, 1.807) is 23.7 Å². The lowest BCUT2D eigenvalue weighted by molar-refractivity contribution is 0.321. The predicted molar refractivity (Wildman–Crippen MR) is 69.0 cm³/mol. The van der Waals surface area contributed by atoms with Crippen LogP contribution in [-0.2, 0) is 0 Å². The summed E-state index contributed by atoms with van der Waals surface area (Å²) in [5.74, 6) is 0.572. The van der Waals surface area contributed by atoms with E-state index in [0.717, 1.165) is 5.69 Å². The van der Waals surface area contributed by atoms with Crippen LogP contribution < -0.4 is 10.1 Å². The summed E-state index contributed by atoms with van der Waals surface area (Å²) in [6, 6.07) is 4.87. The lowest BCUT2D eigenvalue weighted by Gasteiger charge is -2.09. The number of hydrogen-bond donors (Lipinski definition) is 1. The minimum atomic E-state index is -0.372. The molecule has 0 atom stereocenters. The molecular formula is C13H16FN3O. The zero-order valence-electron chi connectivity index (χ0n) is 10.7. The van der Waals surface area contributed by atoms with Crippen molar-refractivity contribution in [2.45, 2.75) is 13.8 Å². The van der Waals surface area contributed by atoms with Gasteiger partial charge in [0.15, 0.2) is 11.6 Å². The largest absolute Gasteiger partial charge is 0.491 e. The summed E-state index contributed by atoms with van der Waals surface area (Å²) in [5, 5.41) is 2.97. The molecule has 2 aromatic rings. The normalized spacial score (nSPS) is 10.4. The van der Waals surface area contributed by atoms with Gasteiger partial charge >= 0.3 is 0 Å². The molecule has 1 aromatic heterocycles. The number of nitrogens with one attached hydrogen (secondary N) is 1. The molecular weight excluding hydrogens is 233 g/mol. The maximum atomic E-state index is 13.8. The quantitative estimate of drug-likeness (QED) is 0.905. The van der Waals surface area contributed by atoms with Crippen molar-refractivity contribution in [1.29, 1.82) is 0 Å². The third kappa shape index (κ3) is 2.30. The third-order valence-corrected chi connectivity index (χ3v) is 2.54. The van der Waals surface area contributed by atoms with Crippen molar-refractivity contribution >= 4 is 5.95 Å².